The number of aliphatic imine (C=N–C) groups is 1. The molecule has 2 N–H and O–H groups in total. The van der Waals surface area contributed by atoms with Gasteiger partial charge in [-0.15, -0.1) is 0 Å². The van der Waals surface area contributed by atoms with E-state index in [0.29, 0.717) is 12.0 Å². The zero-order valence-electron chi connectivity index (χ0n) is 14.9. The van der Waals surface area contributed by atoms with Gasteiger partial charge in [-0.25, -0.2) is 4.99 Å². The van der Waals surface area contributed by atoms with Crippen LogP contribution in [-0.2, 0) is 12.6 Å². The molecule has 0 aliphatic rings. The van der Waals surface area contributed by atoms with Gasteiger partial charge in [-0.1, -0.05) is 62.6 Å². The third-order valence-corrected chi connectivity index (χ3v) is 3.64. The Bertz CT molecular complexity index is 672. The van der Waals surface area contributed by atoms with E-state index in [1.54, 1.807) is 0 Å². The van der Waals surface area contributed by atoms with E-state index >= 15 is 0 Å². The van der Waals surface area contributed by atoms with Gasteiger partial charge in [-0.3, -0.25) is 0 Å². The standard InChI is InChI=1S/C16H15F3N2.C4H10/c1-11-2-4-12(5-3-11)8-13-6-7-14(16(17,18)19)9-15(13)21-10-20;1-3-4-2/h2-7,9-10H,8H2,1H3,(H2,20,21);3-4H2,1-2H3. The second-order valence-corrected chi connectivity index (χ2v) is 5.78. The molecule has 2 aromatic carbocycles. The number of aryl methyl sites for hydroxylation is 1. The van der Waals surface area contributed by atoms with E-state index in [1.807, 2.05) is 31.2 Å². The van der Waals surface area contributed by atoms with Gasteiger partial charge < -0.3 is 5.73 Å². The molecule has 0 bridgehead atoms. The molecule has 5 heteroatoms. The first-order chi connectivity index (χ1) is 11.8. The Hall–Kier alpha value is -2.30. The van der Waals surface area contributed by atoms with Crippen LogP contribution in [0.4, 0.5) is 18.9 Å². The molecule has 0 aromatic heterocycles. The summed E-state index contributed by atoms with van der Waals surface area (Å²) in [4.78, 5) is 3.85. The molecule has 0 unspecified atom stereocenters. The highest BCUT2D eigenvalue weighted by molar-refractivity contribution is 5.62. The van der Waals surface area contributed by atoms with Crippen molar-refractivity contribution in [1.29, 1.82) is 0 Å². The van der Waals surface area contributed by atoms with Crippen molar-refractivity contribution in [3.63, 3.8) is 0 Å². The van der Waals surface area contributed by atoms with Crippen LogP contribution in [0.5, 0.6) is 0 Å². The van der Waals surface area contributed by atoms with Crippen LogP contribution in [0.15, 0.2) is 47.5 Å². The van der Waals surface area contributed by atoms with E-state index in [2.05, 4.69) is 18.8 Å². The fraction of sp³-hybridized carbons (Fsp3) is 0.350. The Balaban J connectivity index is 0.000000705. The highest BCUT2D eigenvalue weighted by Gasteiger charge is 2.30. The summed E-state index contributed by atoms with van der Waals surface area (Å²) in [7, 11) is 0. The van der Waals surface area contributed by atoms with E-state index in [-0.39, 0.29) is 5.69 Å². The van der Waals surface area contributed by atoms with E-state index in [0.717, 1.165) is 29.6 Å². The van der Waals surface area contributed by atoms with Crippen molar-refractivity contribution in [1.82, 2.24) is 0 Å². The average Bonchev–Trinajstić information content (AvgIpc) is 2.58. The number of nitrogens with zero attached hydrogens (tertiary/aromatic N) is 1. The maximum absolute atomic E-state index is 12.7. The van der Waals surface area contributed by atoms with Gasteiger partial charge in [0, 0.05) is 0 Å². The summed E-state index contributed by atoms with van der Waals surface area (Å²) >= 11 is 0. The number of hydrogen-bond donors (Lipinski definition) is 1. The minimum Gasteiger partial charge on any atom is -0.390 e. The van der Waals surface area contributed by atoms with Crippen molar-refractivity contribution < 1.29 is 13.2 Å². The predicted molar refractivity (Wildman–Crippen MR) is 98.4 cm³/mol. The highest BCUT2D eigenvalue weighted by Crippen LogP contribution is 2.33. The van der Waals surface area contributed by atoms with E-state index in [4.69, 9.17) is 5.73 Å². The fourth-order valence-electron chi connectivity index (χ4n) is 2.02. The number of unbranched alkanes of at least 4 members (excludes halogenated alkanes) is 1. The maximum Gasteiger partial charge on any atom is 0.416 e. The summed E-state index contributed by atoms with van der Waals surface area (Å²) in [6.45, 7) is 6.34. The molecule has 0 spiro atoms. The SMILES string of the molecule is CCCC.Cc1ccc(Cc2ccc(C(F)(F)F)cc2N=CN)cc1. The summed E-state index contributed by atoms with van der Waals surface area (Å²) in [6, 6.07) is 11.4. The minimum absolute atomic E-state index is 0.243. The Morgan fingerprint density at radius 2 is 1.60 bits per heavy atom. The molecule has 0 amide bonds. The first-order valence-electron chi connectivity index (χ1n) is 8.31. The zero-order chi connectivity index (χ0) is 18.9. The third kappa shape index (κ3) is 6.99. The lowest BCUT2D eigenvalue weighted by Gasteiger charge is -2.11. The molecular formula is C20H25F3N2. The maximum atomic E-state index is 12.7. The minimum atomic E-state index is -4.39. The monoisotopic (exact) mass is 350 g/mol. The molecule has 2 aromatic rings. The molecule has 0 aliphatic heterocycles. The Morgan fingerprint density at radius 3 is 2.08 bits per heavy atom. The van der Waals surface area contributed by atoms with Gasteiger partial charge in [0.25, 0.3) is 0 Å². The molecule has 0 saturated heterocycles. The largest absolute Gasteiger partial charge is 0.416 e. The van der Waals surface area contributed by atoms with Crippen molar-refractivity contribution in [2.45, 2.75) is 46.2 Å². The topological polar surface area (TPSA) is 38.4 Å². The van der Waals surface area contributed by atoms with Gasteiger partial charge >= 0.3 is 6.18 Å². The van der Waals surface area contributed by atoms with Gasteiger partial charge in [0.1, 0.15) is 0 Å². The van der Waals surface area contributed by atoms with Crippen LogP contribution >= 0.6 is 0 Å². The van der Waals surface area contributed by atoms with Crippen LogP contribution in [0, 0.1) is 6.92 Å². The Kier molecular flexibility index (Phi) is 8.19. The van der Waals surface area contributed by atoms with Gasteiger partial charge in [-0.2, -0.15) is 13.2 Å². The second kappa shape index (κ2) is 9.87. The number of alkyl halides is 3. The zero-order valence-corrected chi connectivity index (χ0v) is 14.9. The van der Waals surface area contributed by atoms with Gasteiger partial charge in [0.05, 0.1) is 17.6 Å². The van der Waals surface area contributed by atoms with E-state index in [1.165, 1.54) is 18.9 Å². The highest BCUT2D eigenvalue weighted by atomic mass is 19.4. The average molecular weight is 350 g/mol. The first-order valence-corrected chi connectivity index (χ1v) is 8.31. The Labute approximate surface area is 147 Å². The van der Waals surface area contributed by atoms with Gasteiger partial charge in [0.2, 0.25) is 0 Å². The molecule has 136 valence electrons. The van der Waals surface area contributed by atoms with Crippen LogP contribution < -0.4 is 5.73 Å². The number of benzene rings is 2. The van der Waals surface area contributed by atoms with Crippen LogP contribution in [0.25, 0.3) is 0 Å². The van der Waals surface area contributed by atoms with E-state index < -0.39 is 11.7 Å². The van der Waals surface area contributed by atoms with Crippen molar-refractivity contribution >= 4 is 12.0 Å². The van der Waals surface area contributed by atoms with E-state index in [9.17, 15) is 13.2 Å². The Morgan fingerprint density at radius 1 is 1.00 bits per heavy atom. The molecule has 2 nitrogen and oxygen atoms in total. The predicted octanol–water partition coefficient (Wildman–Crippen LogP) is 6.03. The summed E-state index contributed by atoms with van der Waals surface area (Å²) < 4.78 is 38.2. The fourth-order valence-corrected chi connectivity index (χ4v) is 2.02. The molecule has 0 saturated carbocycles. The molecule has 25 heavy (non-hydrogen) atoms. The number of nitrogens with two attached hydrogens (primary N) is 1. The molecule has 0 heterocycles. The molecular weight excluding hydrogens is 325 g/mol. The van der Waals surface area contributed by atoms with Crippen molar-refractivity contribution in [2.24, 2.45) is 10.7 Å². The van der Waals surface area contributed by atoms with Gasteiger partial charge in [0.15, 0.2) is 0 Å². The lowest BCUT2D eigenvalue weighted by molar-refractivity contribution is -0.137. The molecule has 0 fully saturated rings. The normalized spacial score (nSPS) is 11.3. The van der Waals surface area contributed by atoms with Crippen molar-refractivity contribution in [3.05, 3.63) is 64.7 Å². The van der Waals surface area contributed by atoms with Crippen LogP contribution in [0.1, 0.15) is 48.9 Å². The molecule has 0 radical (unpaired) electrons. The van der Waals surface area contributed by atoms with Crippen molar-refractivity contribution in [2.75, 3.05) is 0 Å². The third-order valence-electron chi connectivity index (χ3n) is 3.64. The lowest BCUT2D eigenvalue weighted by Crippen LogP contribution is -2.05. The molecule has 0 aliphatic carbocycles. The number of rotatable bonds is 4. The summed E-state index contributed by atoms with van der Waals surface area (Å²) in [5.74, 6) is 0. The summed E-state index contributed by atoms with van der Waals surface area (Å²) in [6.07, 6.45) is -0.236. The van der Waals surface area contributed by atoms with Gasteiger partial charge in [-0.05, 0) is 36.6 Å². The number of hydrogen-bond acceptors (Lipinski definition) is 1. The quantitative estimate of drug-likeness (QED) is 0.530. The number of halogens is 3. The molecule has 2 rings (SSSR count). The summed E-state index contributed by atoms with van der Waals surface area (Å²) in [5, 5.41) is 0. The van der Waals surface area contributed by atoms with Crippen molar-refractivity contribution in [3.8, 4) is 0 Å². The first kappa shape index (κ1) is 20.7. The molecule has 0 atom stereocenters. The smallest absolute Gasteiger partial charge is 0.390 e. The lowest BCUT2D eigenvalue weighted by atomic mass is 10.0. The second-order valence-electron chi connectivity index (χ2n) is 5.78. The van der Waals surface area contributed by atoms with Crippen LogP contribution in [0.3, 0.4) is 0 Å². The van der Waals surface area contributed by atoms with Crippen LogP contribution in [0.2, 0.25) is 0 Å². The summed E-state index contributed by atoms with van der Waals surface area (Å²) in [5.41, 5.74) is 7.59. The van der Waals surface area contributed by atoms with Crippen LogP contribution in [-0.4, -0.2) is 6.34 Å².